The summed E-state index contributed by atoms with van der Waals surface area (Å²) in [4.78, 5) is 2.28. The number of rotatable bonds is 1. The molecule has 0 amide bonds. The number of piperidine rings is 1. The summed E-state index contributed by atoms with van der Waals surface area (Å²) in [5.41, 5.74) is 9.00. The molecule has 1 aliphatic rings. The van der Waals surface area contributed by atoms with Gasteiger partial charge >= 0.3 is 0 Å². The van der Waals surface area contributed by atoms with Crippen molar-refractivity contribution in [3.05, 3.63) is 0 Å². The molecule has 68 valence electrons. The Bertz CT molecular complexity index is 192. The van der Waals surface area contributed by atoms with Gasteiger partial charge in [0.15, 0.2) is 5.11 Å². The second-order valence-corrected chi connectivity index (χ2v) is 3.40. The van der Waals surface area contributed by atoms with Crippen LogP contribution in [-0.2, 0) is 0 Å². The van der Waals surface area contributed by atoms with Gasteiger partial charge in [0.2, 0.25) is 0 Å². The quantitative estimate of drug-likeness (QED) is 0.443. The lowest BCUT2D eigenvalue weighted by atomic mass is 10.1. The molecule has 1 fully saturated rings. The van der Waals surface area contributed by atoms with Crippen molar-refractivity contribution < 1.29 is 0 Å². The molecular weight excluding hydrogens is 172 g/mol. The monoisotopic (exact) mass is 186 g/mol. The van der Waals surface area contributed by atoms with Gasteiger partial charge in [-0.1, -0.05) is 0 Å². The molecule has 0 aliphatic carbocycles. The first kappa shape index (κ1) is 9.41. The Morgan fingerprint density at radius 1 is 1.58 bits per heavy atom. The molecule has 0 spiro atoms. The van der Waals surface area contributed by atoms with Crippen molar-refractivity contribution in [3.63, 3.8) is 0 Å². The number of nitrogens with two attached hydrogens (primary N) is 1. The molecule has 1 saturated heterocycles. The van der Waals surface area contributed by atoms with Crippen LogP contribution in [0.3, 0.4) is 0 Å². The van der Waals surface area contributed by atoms with Crippen molar-refractivity contribution in [2.45, 2.75) is 12.8 Å². The summed E-state index contributed by atoms with van der Waals surface area (Å²) in [6.45, 7) is 2.13. The molecule has 0 saturated carbocycles. The van der Waals surface area contributed by atoms with E-state index in [-0.39, 0.29) is 5.11 Å². The summed E-state index contributed by atoms with van der Waals surface area (Å²) in [5, 5.41) is 4.33. The highest BCUT2D eigenvalue weighted by molar-refractivity contribution is 7.80. The molecule has 1 rings (SSSR count). The van der Waals surface area contributed by atoms with E-state index >= 15 is 0 Å². The average Bonchev–Trinajstić information content (AvgIpc) is 2.03. The van der Waals surface area contributed by atoms with Crippen LogP contribution in [-0.4, -0.2) is 35.9 Å². The van der Waals surface area contributed by atoms with E-state index < -0.39 is 0 Å². The first-order valence-corrected chi connectivity index (χ1v) is 4.39. The number of thiocarbonyl (C=S) groups is 1. The lowest BCUT2D eigenvalue weighted by Crippen LogP contribution is -2.32. The second-order valence-electron chi connectivity index (χ2n) is 2.96. The number of likely N-dealkylation sites (tertiary alicyclic amines) is 1. The molecule has 0 radical (unpaired) electrons. The van der Waals surface area contributed by atoms with Gasteiger partial charge in [-0.3, -0.25) is 5.43 Å². The third kappa shape index (κ3) is 3.15. The van der Waals surface area contributed by atoms with E-state index in [1.165, 1.54) is 0 Å². The molecular formula is C7H14N4S. The van der Waals surface area contributed by atoms with Crippen LogP contribution >= 0.6 is 12.2 Å². The van der Waals surface area contributed by atoms with Gasteiger partial charge in [-0.05, 0) is 19.3 Å². The lowest BCUT2D eigenvalue weighted by Gasteiger charge is -2.22. The van der Waals surface area contributed by atoms with Crippen LogP contribution in [0.15, 0.2) is 5.10 Å². The highest BCUT2D eigenvalue weighted by Crippen LogP contribution is 2.03. The maximum Gasteiger partial charge on any atom is 0.184 e. The van der Waals surface area contributed by atoms with Crippen LogP contribution in [0.5, 0.6) is 0 Å². The van der Waals surface area contributed by atoms with E-state index in [1.807, 2.05) is 0 Å². The van der Waals surface area contributed by atoms with E-state index in [2.05, 4.69) is 34.7 Å². The molecule has 0 aromatic heterocycles. The van der Waals surface area contributed by atoms with E-state index in [0.717, 1.165) is 31.6 Å². The summed E-state index contributed by atoms with van der Waals surface area (Å²) in [5.74, 6) is 0. The van der Waals surface area contributed by atoms with Crippen molar-refractivity contribution in [2.75, 3.05) is 20.1 Å². The zero-order valence-corrected chi connectivity index (χ0v) is 8.02. The molecule has 0 aromatic rings. The van der Waals surface area contributed by atoms with Gasteiger partial charge in [0.25, 0.3) is 0 Å². The Kier molecular flexibility index (Phi) is 3.43. The van der Waals surface area contributed by atoms with E-state index in [1.54, 1.807) is 0 Å². The fraction of sp³-hybridized carbons (Fsp3) is 0.714. The van der Waals surface area contributed by atoms with E-state index in [9.17, 15) is 0 Å². The number of hydrogen-bond acceptors (Lipinski definition) is 3. The van der Waals surface area contributed by atoms with Crippen molar-refractivity contribution >= 4 is 23.0 Å². The molecule has 0 aromatic carbocycles. The van der Waals surface area contributed by atoms with Crippen LogP contribution in [0, 0.1) is 0 Å². The van der Waals surface area contributed by atoms with Crippen LogP contribution < -0.4 is 11.2 Å². The van der Waals surface area contributed by atoms with Gasteiger partial charge in [0.1, 0.15) is 0 Å². The molecule has 3 N–H and O–H groups in total. The minimum absolute atomic E-state index is 0.237. The molecule has 1 heterocycles. The highest BCUT2D eigenvalue weighted by Gasteiger charge is 2.10. The van der Waals surface area contributed by atoms with Gasteiger partial charge in [-0.15, -0.1) is 0 Å². The van der Waals surface area contributed by atoms with Crippen LogP contribution in [0.1, 0.15) is 12.8 Å². The summed E-state index contributed by atoms with van der Waals surface area (Å²) >= 11 is 4.64. The topological polar surface area (TPSA) is 53.6 Å². The van der Waals surface area contributed by atoms with Gasteiger partial charge in [0, 0.05) is 31.6 Å². The molecule has 0 unspecified atom stereocenters. The van der Waals surface area contributed by atoms with Crippen LogP contribution in [0.4, 0.5) is 0 Å². The number of nitrogens with zero attached hydrogens (tertiary/aromatic N) is 2. The summed E-state index contributed by atoms with van der Waals surface area (Å²) < 4.78 is 0. The van der Waals surface area contributed by atoms with Crippen molar-refractivity contribution in [2.24, 2.45) is 10.8 Å². The second kappa shape index (κ2) is 4.37. The molecule has 1 aliphatic heterocycles. The SMILES string of the molecule is CN1CCC(=NNC(N)=S)CC1. The molecule has 0 atom stereocenters. The zero-order chi connectivity index (χ0) is 8.97. The smallest absolute Gasteiger partial charge is 0.184 e. The van der Waals surface area contributed by atoms with Gasteiger partial charge in [-0.25, -0.2) is 0 Å². The Balaban J connectivity index is 2.33. The molecule has 5 heteroatoms. The van der Waals surface area contributed by atoms with Gasteiger partial charge < -0.3 is 10.6 Å². The lowest BCUT2D eigenvalue weighted by molar-refractivity contribution is 0.335. The van der Waals surface area contributed by atoms with Crippen molar-refractivity contribution in [1.82, 2.24) is 10.3 Å². The Labute approximate surface area is 77.8 Å². The number of nitrogens with one attached hydrogen (secondary N) is 1. The van der Waals surface area contributed by atoms with E-state index in [4.69, 9.17) is 5.73 Å². The summed E-state index contributed by atoms with van der Waals surface area (Å²) in [6.07, 6.45) is 2.01. The van der Waals surface area contributed by atoms with Crippen molar-refractivity contribution in [3.8, 4) is 0 Å². The standard InChI is InChI=1S/C7H14N4S/c1-11-4-2-6(3-5-11)9-10-7(8)12/h2-5H2,1H3,(H3,8,10,12). The van der Waals surface area contributed by atoms with Gasteiger partial charge in [0.05, 0.1) is 0 Å². The van der Waals surface area contributed by atoms with Crippen molar-refractivity contribution in [1.29, 1.82) is 0 Å². The summed E-state index contributed by atoms with van der Waals surface area (Å²) in [6, 6.07) is 0. The summed E-state index contributed by atoms with van der Waals surface area (Å²) in [7, 11) is 2.11. The van der Waals surface area contributed by atoms with Crippen LogP contribution in [0.2, 0.25) is 0 Å². The fourth-order valence-electron chi connectivity index (χ4n) is 1.12. The normalized spacial score (nSPS) is 18.9. The Morgan fingerprint density at radius 3 is 2.67 bits per heavy atom. The predicted octanol–water partition coefficient (Wildman–Crippen LogP) is -0.0988. The molecule has 4 nitrogen and oxygen atoms in total. The molecule has 12 heavy (non-hydrogen) atoms. The zero-order valence-electron chi connectivity index (χ0n) is 7.21. The Morgan fingerprint density at radius 2 is 2.17 bits per heavy atom. The maximum atomic E-state index is 5.24. The third-order valence-corrected chi connectivity index (χ3v) is 1.98. The maximum absolute atomic E-state index is 5.24. The minimum Gasteiger partial charge on any atom is -0.375 e. The first-order chi connectivity index (χ1) is 5.68. The van der Waals surface area contributed by atoms with Gasteiger partial charge in [-0.2, -0.15) is 5.10 Å². The largest absolute Gasteiger partial charge is 0.375 e. The predicted molar refractivity (Wildman–Crippen MR) is 54.1 cm³/mol. The average molecular weight is 186 g/mol. The first-order valence-electron chi connectivity index (χ1n) is 3.98. The molecule has 0 bridgehead atoms. The number of hydrogen-bond donors (Lipinski definition) is 2. The van der Waals surface area contributed by atoms with E-state index in [0.29, 0.717) is 0 Å². The third-order valence-electron chi connectivity index (χ3n) is 1.89. The minimum atomic E-state index is 0.237. The Hall–Kier alpha value is -0.680. The fourth-order valence-corrected chi connectivity index (χ4v) is 1.17. The van der Waals surface area contributed by atoms with Crippen LogP contribution in [0.25, 0.3) is 0 Å². The number of hydrazone groups is 1. The highest BCUT2D eigenvalue weighted by atomic mass is 32.1.